The van der Waals surface area contributed by atoms with E-state index >= 15 is 0 Å². The Labute approximate surface area is 68.3 Å². The van der Waals surface area contributed by atoms with E-state index in [0.717, 1.165) is 12.1 Å². The van der Waals surface area contributed by atoms with E-state index in [0.29, 0.717) is 0 Å². The molecule has 0 aromatic heterocycles. The first-order valence-electron chi connectivity index (χ1n) is 3.24. The van der Waals surface area contributed by atoms with Gasteiger partial charge in [-0.3, -0.25) is 0 Å². The molecule has 0 radical (unpaired) electrons. The van der Waals surface area contributed by atoms with Crippen molar-refractivity contribution >= 4 is 14.6 Å². The first-order chi connectivity index (χ1) is 5.10. The highest BCUT2D eigenvalue weighted by Gasteiger charge is 2.24. The number of rotatable bonds is 3. The van der Waals surface area contributed by atoms with E-state index in [1.165, 1.54) is 0 Å². The van der Waals surface area contributed by atoms with Gasteiger partial charge in [0.05, 0.1) is 0 Å². The Morgan fingerprint density at radius 3 is 1.73 bits per heavy atom. The van der Waals surface area contributed by atoms with E-state index in [-0.39, 0.29) is 0 Å². The fourth-order valence-corrected chi connectivity index (χ4v) is 1.12. The lowest BCUT2D eigenvalue weighted by atomic mass is 11.0. The van der Waals surface area contributed by atoms with Crippen LogP contribution in [0.3, 0.4) is 0 Å². The Morgan fingerprint density at radius 1 is 1.45 bits per heavy atom. The summed E-state index contributed by atoms with van der Waals surface area (Å²) in [6.07, 6.45) is 0.750. The predicted octanol–water partition coefficient (Wildman–Crippen LogP) is 1.27. The summed E-state index contributed by atoms with van der Waals surface area (Å²) in [5, 5.41) is 5.40. The third-order valence-corrected chi connectivity index (χ3v) is 4.52. The van der Waals surface area contributed by atoms with Crippen molar-refractivity contribution < 1.29 is 13.6 Å². The Hall–Kier alpha value is -0.483. The molecular formula is C6H15NO3Si. The molecule has 0 atom stereocenters. The number of nitrogens with one attached hydrogen (secondary N) is 1. The molecule has 0 spiro atoms. The minimum Gasteiger partial charge on any atom is -0.398 e. The minimum atomic E-state index is -1.67. The smallest absolute Gasteiger partial charge is 0.334 e. The molecule has 0 aromatic rings. The zero-order valence-corrected chi connectivity index (χ0v) is 8.43. The van der Waals surface area contributed by atoms with Gasteiger partial charge in [-0.15, -0.1) is 0 Å². The first kappa shape index (κ1) is 13.1. The molecule has 0 heterocycles. The van der Waals surface area contributed by atoms with Crippen LogP contribution in [0.1, 0.15) is 6.92 Å². The van der Waals surface area contributed by atoms with Crippen molar-refractivity contribution in [2.45, 2.75) is 19.5 Å². The fraction of sp³-hybridized carbons (Fsp3) is 0.833. The topological polar surface area (TPSA) is 59.4 Å². The largest absolute Gasteiger partial charge is 0.398 e. The molecule has 0 fully saturated rings. The summed E-state index contributed by atoms with van der Waals surface area (Å²) in [6, 6.07) is 1.01. The van der Waals surface area contributed by atoms with Gasteiger partial charge in [0.15, 0.2) is 0 Å². The van der Waals surface area contributed by atoms with Gasteiger partial charge in [-0.2, -0.15) is 0 Å². The van der Waals surface area contributed by atoms with E-state index in [1.54, 1.807) is 14.2 Å². The van der Waals surface area contributed by atoms with Gasteiger partial charge in [-0.1, -0.05) is 6.92 Å². The predicted molar refractivity (Wildman–Crippen MR) is 44.5 cm³/mol. The number of hydrogen-bond acceptors (Lipinski definition) is 4. The van der Waals surface area contributed by atoms with Crippen LogP contribution in [-0.2, 0) is 13.6 Å². The second-order valence-corrected chi connectivity index (χ2v) is 5.79. The average molecular weight is 177 g/mol. The molecule has 4 nitrogen and oxygen atoms in total. The van der Waals surface area contributed by atoms with Gasteiger partial charge in [-0.05, 0) is 12.6 Å². The van der Waals surface area contributed by atoms with Crippen molar-refractivity contribution in [3.63, 3.8) is 0 Å². The standard InChI is InChI=1S/C5H14O2Si.CHNO/c1-5-8(4,6-2)7-3;2-1-3/h5H2,1-4H3;2H. The van der Waals surface area contributed by atoms with Crippen LogP contribution in [0.4, 0.5) is 0 Å². The molecule has 0 aliphatic rings. The lowest BCUT2D eigenvalue weighted by Crippen LogP contribution is -2.34. The summed E-state index contributed by atoms with van der Waals surface area (Å²) >= 11 is 0. The van der Waals surface area contributed by atoms with Crippen molar-refractivity contribution in [2.75, 3.05) is 14.2 Å². The molecule has 0 aliphatic heterocycles. The maximum atomic E-state index is 8.35. The number of carbonyl (C=O) groups excluding carboxylic acids is 1. The van der Waals surface area contributed by atoms with E-state index in [9.17, 15) is 0 Å². The summed E-state index contributed by atoms with van der Waals surface area (Å²) in [5.41, 5.74) is 0. The Kier molecular flexibility index (Phi) is 9.10. The van der Waals surface area contributed by atoms with Crippen LogP contribution in [0.5, 0.6) is 0 Å². The van der Waals surface area contributed by atoms with Crippen LogP contribution in [0.2, 0.25) is 12.6 Å². The highest BCUT2D eigenvalue weighted by molar-refractivity contribution is 6.65. The summed E-state index contributed by atoms with van der Waals surface area (Å²) in [6.45, 7) is 4.13. The SMILES string of the molecule is CC[Si](C)(OC)OC.N=C=O. The van der Waals surface area contributed by atoms with Crippen LogP contribution in [0.15, 0.2) is 0 Å². The Morgan fingerprint density at radius 2 is 1.73 bits per heavy atom. The normalized spacial score (nSPS) is 9.45. The fourth-order valence-electron chi connectivity index (χ4n) is 0.372. The molecule has 0 rings (SSSR count). The molecule has 1 N–H and O–H groups in total. The second kappa shape index (κ2) is 7.62. The van der Waals surface area contributed by atoms with Gasteiger partial charge in [0, 0.05) is 14.2 Å². The molecule has 0 amide bonds. The van der Waals surface area contributed by atoms with Gasteiger partial charge in [0.2, 0.25) is 6.08 Å². The van der Waals surface area contributed by atoms with Gasteiger partial charge >= 0.3 is 8.56 Å². The molecule has 0 bridgehead atoms. The molecule has 0 unspecified atom stereocenters. The molecule has 66 valence electrons. The molecule has 11 heavy (non-hydrogen) atoms. The third kappa shape index (κ3) is 7.41. The van der Waals surface area contributed by atoms with Crippen molar-refractivity contribution in [1.82, 2.24) is 0 Å². The molecule has 0 aliphatic carbocycles. The van der Waals surface area contributed by atoms with E-state index in [1.807, 2.05) is 6.55 Å². The average Bonchev–Trinajstić information content (AvgIpc) is 2.05. The van der Waals surface area contributed by atoms with Gasteiger partial charge in [-0.25, -0.2) is 10.2 Å². The Bertz CT molecular complexity index is 111. The van der Waals surface area contributed by atoms with Crippen LogP contribution < -0.4 is 0 Å². The lowest BCUT2D eigenvalue weighted by Gasteiger charge is -2.19. The lowest BCUT2D eigenvalue weighted by molar-refractivity contribution is 0.251. The summed E-state index contributed by atoms with van der Waals surface area (Å²) in [4.78, 5) is 8.35. The summed E-state index contributed by atoms with van der Waals surface area (Å²) < 4.78 is 10.3. The van der Waals surface area contributed by atoms with Crippen molar-refractivity contribution in [1.29, 1.82) is 5.41 Å². The third-order valence-electron chi connectivity index (χ3n) is 1.51. The molecule has 5 heteroatoms. The van der Waals surface area contributed by atoms with Gasteiger partial charge in [0.1, 0.15) is 0 Å². The molecule has 0 aromatic carbocycles. The highest BCUT2D eigenvalue weighted by Crippen LogP contribution is 2.08. The minimum absolute atomic E-state index is 0.750. The van der Waals surface area contributed by atoms with Crippen LogP contribution in [-0.4, -0.2) is 28.9 Å². The first-order valence-corrected chi connectivity index (χ1v) is 5.76. The van der Waals surface area contributed by atoms with Crippen LogP contribution in [0.25, 0.3) is 0 Å². The van der Waals surface area contributed by atoms with Crippen molar-refractivity contribution in [2.24, 2.45) is 0 Å². The van der Waals surface area contributed by atoms with E-state index in [4.69, 9.17) is 19.1 Å². The number of hydrogen-bond donors (Lipinski definition) is 1. The van der Waals surface area contributed by atoms with Crippen molar-refractivity contribution in [3.05, 3.63) is 0 Å². The zero-order chi connectivity index (χ0) is 9.33. The zero-order valence-electron chi connectivity index (χ0n) is 7.43. The Balaban J connectivity index is 0. The molecule has 0 saturated carbocycles. The van der Waals surface area contributed by atoms with E-state index < -0.39 is 8.56 Å². The van der Waals surface area contributed by atoms with Crippen LogP contribution in [0, 0.1) is 5.41 Å². The summed E-state index contributed by atoms with van der Waals surface area (Å²) in [5.74, 6) is 0. The quantitative estimate of drug-likeness (QED) is 0.401. The molecule has 0 saturated heterocycles. The van der Waals surface area contributed by atoms with Gasteiger partial charge < -0.3 is 8.85 Å². The second-order valence-electron chi connectivity index (χ2n) is 2.00. The van der Waals surface area contributed by atoms with E-state index in [2.05, 4.69) is 6.92 Å². The monoisotopic (exact) mass is 177 g/mol. The highest BCUT2D eigenvalue weighted by atomic mass is 28.4. The molecular weight excluding hydrogens is 162 g/mol. The summed E-state index contributed by atoms with van der Waals surface area (Å²) in [7, 11) is 1.74. The van der Waals surface area contributed by atoms with Crippen LogP contribution >= 0.6 is 0 Å². The maximum absolute atomic E-state index is 8.35. The number of isocyanates is 1. The van der Waals surface area contributed by atoms with Crippen molar-refractivity contribution in [3.8, 4) is 0 Å². The van der Waals surface area contributed by atoms with Gasteiger partial charge in [0.25, 0.3) is 0 Å². The maximum Gasteiger partial charge on any atom is 0.334 e.